The van der Waals surface area contributed by atoms with E-state index in [1.54, 1.807) is 29.2 Å². The Morgan fingerprint density at radius 2 is 1.74 bits per heavy atom. The number of benzene rings is 2. The second-order valence-electron chi connectivity index (χ2n) is 7.93. The Labute approximate surface area is 183 Å². The number of rotatable bonds is 9. The van der Waals surface area contributed by atoms with E-state index in [1.807, 2.05) is 56.3 Å². The van der Waals surface area contributed by atoms with Crippen LogP contribution in [0.1, 0.15) is 36.9 Å². The molecule has 0 saturated carbocycles. The molecule has 3 rings (SSSR count). The number of aliphatic hydroxyl groups is 1. The maximum atomic E-state index is 13.0. The number of ketones is 1. The van der Waals surface area contributed by atoms with Gasteiger partial charge in [0.25, 0.3) is 11.7 Å². The number of ether oxygens (including phenoxy) is 1. The third-order valence-corrected chi connectivity index (χ3v) is 5.26. The Morgan fingerprint density at radius 1 is 1.06 bits per heavy atom. The molecule has 0 aliphatic carbocycles. The van der Waals surface area contributed by atoms with Gasteiger partial charge < -0.3 is 19.6 Å². The van der Waals surface area contributed by atoms with Crippen LogP contribution in [0.25, 0.3) is 5.76 Å². The van der Waals surface area contributed by atoms with E-state index in [-0.39, 0.29) is 11.3 Å². The third-order valence-electron chi connectivity index (χ3n) is 5.26. The van der Waals surface area contributed by atoms with Crippen LogP contribution >= 0.6 is 0 Å². The van der Waals surface area contributed by atoms with Crippen molar-refractivity contribution in [3.63, 3.8) is 0 Å². The van der Waals surface area contributed by atoms with Crippen LogP contribution in [-0.2, 0) is 9.59 Å². The van der Waals surface area contributed by atoms with Gasteiger partial charge in [-0.3, -0.25) is 9.59 Å². The number of Topliss-reactive ketones (excluding diaryl/α,β-unsaturated/α-hetero) is 1. The first kappa shape index (κ1) is 22.6. The number of carbonyl (C=O) groups is 2. The van der Waals surface area contributed by atoms with E-state index < -0.39 is 17.7 Å². The van der Waals surface area contributed by atoms with Crippen molar-refractivity contribution >= 4 is 17.4 Å². The van der Waals surface area contributed by atoms with E-state index in [2.05, 4.69) is 0 Å². The molecule has 0 spiro atoms. The molecule has 1 heterocycles. The van der Waals surface area contributed by atoms with Crippen LogP contribution < -0.4 is 4.74 Å². The summed E-state index contributed by atoms with van der Waals surface area (Å²) in [6.07, 6.45) is 1.63. The molecule has 1 aliphatic rings. The highest BCUT2D eigenvalue weighted by Crippen LogP contribution is 2.39. The van der Waals surface area contributed by atoms with Crippen molar-refractivity contribution in [2.75, 3.05) is 33.8 Å². The molecule has 1 aliphatic heterocycles. The van der Waals surface area contributed by atoms with Gasteiger partial charge in [-0.05, 0) is 63.3 Å². The van der Waals surface area contributed by atoms with Crippen molar-refractivity contribution in [2.45, 2.75) is 25.8 Å². The predicted molar refractivity (Wildman–Crippen MR) is 121 cm³/mol. The number of aliphatic hydroxyl groups excluding tert-OH is 1. The zero-order valence-corrected chi connectivity index (χ0v) is 18.4. The lowest BCUT2D eigenvalue weighted by atomic mass is 9.95. The molecule has 0 radical (unpaired) electrons. The summed E-state index contributed by atoms with van der Waals surface area (Å²) in [6, 6.07) is 15.7. The predicted octanol–water partition coefficient (Wildman–Crippen LogP) is 3.85. The monoisotopic (exact) mass is 422 g/mol. The molecule has 6 heteroatoms. The Morgan fingerprint density at radius 3 is 2.35 bits per heavy atom. The molecule has 6 nitrogen and oxygen atoms in total. The summed E-state index contributed by atoms with van der Waals surface area (Å²) >= 11 is 0. The van der Waals surface area contributed by atoms with E-state index in [0.29, 0.717) is 24.5 Å². The highest BCUT2D eigenvalue weighted by atomic mass is 16.5. The molecule has 1 unspecified atom stereocenters. The minimum absolute atomic E-state index is 0.128. The van der Waals surface area contributed by atoms with E-state index in [0.717, 1.165) is 24.9 Å². The second kappa shape index (κ2) is 10.3. The average molecular weight is 423 g/mol. The first-order valence-electron chi connectivity index (χ1n) is 10.6. The zero-order valence-electron chi connectivity index (χ0n) is 18.4. The molecule has 1 saturated heterocycles. The van der Waals surface area contributed by atoms with Crippen LogP contribution in [0.3, 0.4) is 0 Å². The van der Waals surface area contributed by atoms with Crippen LogP contribution in [0, 0.1) is 0 Å². The Hall–Kier alpha value is -3.12. The summed E-state index contributed by atoms with van der Waals surface area (Å²) in [5.41, 5.74) is 1.41. The van der Waals surface area contributed by atoms with Gasteiger partial charge in [-0.1, -0.05) is 37.3 Å². The number of nitrogens with zero attached hydrogens (tertiary/aromatic N) is 2. The molecular weight excluding hydrogens is 392 g/mol. The van der Waals surface area contributed by atoms with Gasteiger partial charge in [0, 0.05) is 12.1 Å². The van der Waals surface area contributed by atoms with Gasteiger partial charge in [0.2, 0.25) is 0 Å². The number of amides is 1. The second-order valence-corrected chi connectivity index (χ2v) is 7.93. The molecule has 1 N–H and O–H groups in total. The average Bonchev–Trinajstić information content (AvgIpc) is 3.03. The molecule has 0 bridgehead atoms. The fourth-order valence-corrected chi connectivity index (χ4v) is 3.73. The van der Waals surface area contributed by atoms with Crippen LogP contribution in [0.5, 0.6) is 5.75 Å². The van der Waals surface area contributed by atoms with Crippen molar-refractivity contribution in [2.24, 2.45) is 0 Å². The van der Waals surface area contributed by atoms with Crippen molar-refractivity contribution in [1.29, 1.82) is 0 Å². The Bertz CT molecular complexity index is 936. The summed E-state index contributed by atoms with van der Waals surface area (Å²) in [6.45, 7) is 3.87. The van der Waals surface area contributed by atoms with E-state index >= 15 is 0 Å². The molecule has 0 aromatic heterocycles. The minimum Gasteiger partial charge on any atom is -0.507 e. The maximum absolute atomic E-state index is 13.0. The largest absolute Gasteiger partial charge is 0.507 e. The molecule has 1 fully saturated rings. The smallest absolute Gasteiger partial charge is 0.295 e. The van der Waals surface area contributed by atoms with Gasteiger partial charge in [0.1, 0.15) is 11.5 Å². The summed E-state index contributed by atoms with van der Waals surface area (Å²) in [5.74, 6) is -0.689. The van der Waals surface area contributed by atoms with Crippen molar-refractivity contribution < 1.29 is 19.4 Å². The standard InChI is InChI=1S/C25H30N2O4/c1-4-17-31-20-13-11-19(12-14-20)23(28)21-22(18-9-6-5-7-10-18)27(25(30)24(21)29)16-8-15-26(2)3/h5-7,9-14,22,28H,4,8,15-17H2,1-3H3/b23-21+. The first-order valence-corrected chi connectivity index (χ1v) is 10.6. The maximum Gasteiger partial charge on any atom is 0.295 e. The summed E-state index contributed by atoms with van der Waals surface area (Å²) in [4.78, 5) is 29.5. The summed E-state index contributed by atoms with van der Waals surface area (Å²) < 4.78 is 5.59. The zero-order chi connectivity index (χ0) is 22.4. The van der Waals surface area contributed by atoms with Gasteiger partial charge in [-0.2, -0.15) is 0 Å². The summed E-state index contributed by atoms with van der Waals surface area (Å²) in [7, 11) is 3.94. The minimum atomic E-state index is -0.650. The quantitative estimate of drug-likeness (QED) is 0.378. The molecule has 2 aromatic carbocycles. The van der Waals surface area contributed by atoms with Crippen LogP contribution in [0.15, 0.2) is 60.2 Å². The number of hydrogen-bond donors (Lipinski definition) is 1. The van der Waals surface area contributed by atoms with E-state index in [1.165, 1.54) is 0 Å². The third kappa shape index (κ3) is 5.14. The van der Waals surface area contributed by atoms with E-state index in [4.69, 9.17) is 4.74 Å². The van der Waals surface area contributed by atoms with Gasteiger partial charge in [-0.15, -0.1) is 0 Å². The fraction of sp³-hybridized carbons (Fsp3) is 0.360. The van der Waals surface area contributed by atoms with Gasteiger partial charge in [-0.25, -0.2) is 0 Å². The van der Waals surface area contributed by atoms with Crippen LogP contribution in [-0.4, -0.2) is 60.4 Å². The van der Waals surface area contributed by atoms with Gasteiger partial charge >= 0.3 is 0 Å². The first-order chi connectivity index (χ1) is 14.9. The molecule has 1 amide bonds. The van der Waals surface area contributed by atoms with Crippen molar-refractivity contribution in [1.82, 2.24) is 9.80 Å². The topological polar surface area (TPSA) is 70.1 Å². The van der Waals surface area contributed by atoms with Gasteiger partial charge in [0.05, 0.1) is 18.2 Å². The van der Waals surface area contributed by atoms with Crippen molar-refractivity contribution in [3.8, 4) is 5.75 Å². The SMILES string of the molecule is CCCOc1ccc(/C(O)=C2\C(=O)C(=O)N(CCCN(C)C)C2c2ccccc2)cc1. The highest BCUT2D eigenvalue weighted by Gasteiger charge is 2.45. The molecular formula is C25H30N2O4. The van der Waals surface area contributed by atoms with Gasteiger partial charge in [0.15, 0.2) is 0 Å². The number of hydrogen-bond acceptors (Lipinski definition) is 5. The lowest BCUT2D eigenvalue weighted by Crippen LogP contribution is -2.32. The molecule has 1 atom stereocenters. The van der Waals surface area contributed by atoms with Crippen LogP contribution in [0.4, 0.5) is 0 Å². The summed E-state index contributed by atoms with van der Waals surface area (Å²) in [5, 5.41) is 11.1. The molecule has 2 aromatic rings. The fourth-order valence-electron chi connectivity index (χ4n) is 3.73. The normalized spacial score (nSPS) is 18.1. The molecule has 164 valence electrons. The highest BCUT2D eigenvalue weighted by molar-refractivity contribution is 6.46. The molecule has 31 heavy (non-hydrogen) atoms. The number of carbonyl (C=O) groups excluding carboxylic acids is 2. The Kier molecular flexibility index (Phi) is 7.47. The van der Waals surface area contributed by atoms with Crippen LogP contribution in [0.2, 0.25) is 0 Å². The lowest BCUT2D eigenvalue weighted by Gasteiger charge is -2.26. The van der Waals surface area contributed by atoms with E-state index in [9.17, 15) is 14.7 Å². The van der Waals surface area contributed by atoms with Crippen molar-refractivity contribution in [3.05, 3.63) is 71.3 Å². The number of likely N-dealkylation sites (tertiary alicyclic amines) is 1. The Balaban J connectivity index is 1.99. The lowest BCUT2D eigenvalue weighted by molar-refractivity contribution is -0.139.